The summed E-state index contributed by atoms with van der Waals surface area (Å²) in [6, 6.07) is 0.784. The van der Waals surface area contributed by atoms with Gasteiger partial charge in [-0.3, -0.25) is 10.1 Å². The lowest BCUT2D eigenvalue weighted by Gasteiger charge is -2.34. The van der Waals surface area contributed by atoms with E-state index in [0.29, 0.717) is 24.2 Å². The Hall–Kier alpha value is -1.23. The first-order chi connectivity index (χ1) is 8.83. The topological polar surface area (TPSA) is 125 Å². The van der Waals surface area contributed by atoms with Crippen LogP contribution in [0.5, 0.6) is 0 Å². The molecule has 1 aromatic rings. The van der Waals surface area contributed by atoms with Crippen molar-refractivity contribution in [3.63, 3.8) is 0 Å². The van der Waals surface area contributed by atoms with E-state index in [1.165, 1.54) is 0 Å². The second-order valence-corrected chi connectivity index (χ2v) is 7.24. The fourth-order valence-corrected chi connectivity index (χ4v) is 4.27. The molecule has 8 nitrogen and oxygen atoms in total. The van der Waals surface area contributed by atoms with Crippen molar-refractivity contribution in [2.75, 3.05) is 12.8 Å². The van der Waals surface area contributed by atoms with E-state index in [9.17, 15) is 18.5 Å². The minimum Gasteiger partial charge on any atom is -0.385 e. The number of nitro groups is 1. The second-order valence-electron chi connectivity index (χ2n) is 4.22. The lowest BCUT2D eigenvalue weighted by molar-refractivity contribution is -0.383. The van der Waals surface area contributed by atoms with Crippen LogP contribution in [0.2, 0.25) is 0 Å². The molecule has 0 aliphatic heterocycles. The minimum absolute atomic E-state index is 0.0652. The average molecular weight is 307 g/mol. The highest BCUT2D eigenvalue weighted by atomic mass is 32.2. The van der Waals surface area contributed by atoms with E-state index in [1.54, 1.807) is 7.11 Å². The van der Waals surface area contributed by atoms with E-state index in [2.05, 4.69) is 4.72 Å². The number of thiophene rings is 1. The third-order valence-electron chi connectivity index (χ3n) is 2.93. The largest absolute Gasteiger partial charge is 0.385 e. The molecule has 0 unspecified atom stereocenters. The SMILES string of the molecule is COC1CC(NS(=O)(=O)c2cc([N+](=O)[O-])c(N)s2)C1. The molecule has 2 rings (SSSR count). The lowest BCUT2D eigenvalue weighted by atomic mass is 9.90. The van der Waals surface area contributed by atoms with Crippen LogP contribution in [0.15, 0.2) is 10.3 Å². The molecule has 0 amide bonds. The molecule has 1 aliphatic rings. The van der Waals surface area contributed by atoms with Gasteiger partial charge in [-0.1, -0.05) is 11.3 Å². The van der Waals surface area contributed by atoms with Crippen molar-refractivity contribution in [3.8, 4) is 0 Å². The number of anilines is 1. The van der Waals surface area contributed by atoms with Gasteiger partial charge in [0.15, 0.2) is 5.00 Å². The summed E-state index contributed by atoms with van der Waals surface area (Å²) >= 11 is 0.687. The Morgan fingerprint density at radius 3 is 2.68 bits per heavy atom. The Morgan fingerprint density at radius 1 is 1.58 bits per heavy atom. The summed E-state index contributed by atoms with van der Waals surface area (Å²) in [4.78, 5) is 9.93. The Kier molecular flexibility index (Phi) is 3.76. The van der Waals surface area contributed by atoms with E-state index >= 15 is 0 Å². The van der Waals surface area contributed by atoms with E-state index in [-0.39, 0.29) is 27.0 Å². The van der Waals surface area contributed by atoms with Crippen LogP contribution in [0.4, 0.5) is 10.7 Å². The van der Waals surface area contributed by atoms with E-state index in [1.807, 2.05) is 0 Å². The van der Waals surface area contributed by atoms with Crippen LogP contribution in [-0.4, -0.2) is 32.6 Å². The van der Waals surface area contributed by atoms with Crippen molar-refractivity contribution in [2.45, 2.75) is 29.2 Å². The molecule has 10 heteroatoms. The Morgan fingerprint density at radius 2 is 2.21 bits per heavy atom. The predicted molar refractivity (Wildman–Crippen MR) is 69.5 cm³/mol. The summed E-state index contributed by atoms with van der Waals surface area (Å²) in [6.45, 7) is 0. The fourth-order valence-electron chi connectivity index (χ4n) is 1.78. The molecule has 0 saturated heterocycles. The van der Waals surface area contributed by atoms with Crippen LogP contribution >= 0.6 is 11.3 Å². The molecule has 0 atom stereocenters. The number of methoxy groups -OCH3 is 1. The smallest absolute Gasteiger partial charge is 0.304 e. The normalized spacial score (nSPS) is 23.0. The number of nitrogens with one attached hydrogen (secondary N) is 1. The third-order valence-corrected chi connectivity index (χ3v) is 5.88. The lowest BCUT2D eigenvalue weighted by Crippen LogP contribution is -2.47. The maximum absolute atomic E-state index is 12.0. The standard InChI is InChI=1S/C9H13N3O5S2/c1-17-6-2-5(3-6)11-19(15,16)8-4-7(12(13)14)9(10)18-8/h4-6,11H,2-3,10H2,1H3. The summed E-state index contributed by atoms with van der Waals surface area (Å²) in [7, 11) is -2.19. The van der Waals surface area contributed by atoms with Crippen LogP contribution in [0, 0.1) is 10.1 Å². The Labute approximate surface area is 113 Å². The van der Waals surface area contributed by atoms with Gasteiger partial charge in [0.05, 0.1) is 11.0 Å². The summed E-state index contributed by atoms with van der Waals surface area (Å²) < 4.78 is 31.4. The summed E-state index contributed by atoms with van der Waals surface area (Å²) in [6.07, 6.45) is 1.26. The van der Waals surface area contributed by atoms with Crippen LogP contribution < -0.4 is 10.5 Å². The number of nitrogens with zero attached hydrogens (tertiary/aromatic N) is 1. The maximum atomic E-state index is 12.0. The molecule has 0 radical (unpaired) electrons. The van der Waals surface area contributed by atoms with Crippen LogP contribution in [-0.2, 0) is 14.8 Å². The quantitative estimate of drug-likeness (QED) is 0.609. The Balaban J connectivity index is 2.12. The van der Waals surface area contributed by atoms with E-state index in [4.69, 9.17) is 10.5 Å². The van der Waals surface area contributed by atoms with Crippen molar-refractivity contribution >= 4 is 32.0 Å². The van der Waals surface area contributed by atoms with Gasteiger partial charge >= 0.3 is 5.69 Å². The number of hydrogen-bond acceptors (Lipinski definition) is 7. The van der Waals surface area contributed by atoms with Crippen LogP contribution in [0.3, 0.4) is 0 Å². The summed E-state index contributed by atoms with van der Waals surface area (Å²) in [5.74, 6) is 0. The van der Waals surface area contributed by atoms with E-state index in [0.717, 1.165) is 6.07 Å². The first-order valence-electron chi connectivity index (χ1n) is 5.42. The molecule has 1 aliphatic carbocycles. The van der Waals surface area contributed by atoms with Gasteiger partial charge in [0, 0.05) is 19.2 Å². The van der Waals surface area contributed by atoms with Gasteiger partial charge in [0.2, 0.25) is 0 Å². The number of hydrogen-bond donors (Lipinski definition) is 2. The third kappa shape index (κ3) is 2.86. The number of rotatable bonds is 5. The van der Waals surface area contributed by atoms with Crippen LogP contribution in [0.1, 0.15) is 12.8 Å². The number of nitrogen functional groups attached to an aromatic ring is 1. The molecule has 0 aromatic carbocycles. The maximum Gasteiger partial charge on any atom is 0.304 e. The zero-order valence-electron chi connectivity index (χ0n) is 10.0. The first kappa shape index (κ1) is 14.2. The highest BCUT2D eigenvalue weighted by Crippen LogP contribution is 2.35. The van der Waals surface area contributed by atoms with Gasteiger partial charge in [0.25, 0.3) is 10.0 Å². The predicted octanol–water partition coefficient (Wildman–Crippen LogP) is 0.694. The fraction of sp³-hybridized carbons (Fsp3) is 0.556. The monoisotopic (exact) mass is 307 g/mol. The molecule has 1 aromatic heterocycles. The zero-order valence-corrected chi connectivity index (χ0v) is 11.7. The second kappa shape index (κ2) is 5.04. The molecule has 1 heterocycles. The molecule has 3 N–H and O–H groups in total. The van der Waals surface area contributed by atoms with Crippen molar-refractivity contribution in [2.24, 2.45) is 0 Å². The first-order valence-corrected chi connectivity index (χ1v) is 7.72. The molecule has 0 bridgehead atoms. The van der Waals surface area contributed by atoms with Crippen molar-refractivity contribution < 1.29 is 18.1 Å². The number of sulfonamides is 1. The highest BCUT2D eigenvalue weighted by Gasteiger charge is 2.34. The molecule has 19 heavy (non-hydrogen) atoms. The highest BCUT2D eigenvalue weighted by molar-refractivity contribution is 7.91. The molecule has 0 spiro atoms. The molecule has 1 saturated carbocycles. The van der Waals surface area contributed by atoms with Gasteiger partial charge in [-0.25, -0.2) is 13.1 Å². The molecule has 106 valence electrons. The summed E-state index contributed by atoms with van der Waals surface area (Å²) in [5, 5.41) is 10.5. The van der Waals surface area contributed by atoms with Gasteiger partial charge in [0.1, 0.15) is 4.21 Å². The van der Waals surface area contributed by atoms with Crippen molar-refractivity contribution in [3.05, 3.63) is 16.2 Å². The van der Waals surface area contributed by atoms with Crippen molar-refractivity contribution in [1.82, 2.24) is 4.72 Å². The van der Waals surface area contributed by atoms with Gasteiger partial charge < -0.3 is 10.5 Å². The zero-order chi connectivity index (χ0) is 14.2. The molecule has 1 fully saturated rings. The van der Waals surface area contributed by atoms with Crippen LogP contribution in [0.25, 0.3) is 0 Å². The number of nitrogens with two attached hydrogens (primary N) is 1. The minimum atomic E-state index is -3.76. The number of ether oxygens (including phenoxy) is 1. The van der Waals surface area contributed by atoms with Crippen molar-refractivity contribution in [1.29, 1.82) is 0 Å². The van der Waals surface area contributed by atoms with Gasteiger partial charge in [-0.2, -0.15) is 0 Å². The van der Waals surface area contributed by atoms with E-state index < -0.39 is 14.9 Å². The van der Waals surface area contributed by atoms with Gasteiger partial charge in [-0.15, -0.1) is 0 Å². The molecular formula is C9H13N3O5S2. The average Bonchev–Trinajstić information content (AvgIpc) is 2.66. The molecular weight excluding hydrogens is 294 g/mol. The van der Waals surface area contributed by atoms with Gasteiger partial charge in [-0.05, 0) is 12.8 Å². The Bertz CT molecular complexity index is 591. The summed E-state index contributed by atoms with van der Waals surface area (Å²) in [5.41, 5.74) is 5.04.